The van der Waals surface area contributed by atoms with E-state index in [-0.39, 0.29) is 11.8 Å². The molecule has 0 saturated carbocycles. The number of thioether (sulfide) groups is 1. The van der Waals surface area contributed by atoms with E-state index < -0.39 is 0 Å². The number of halogens is 1. The lowest BCUT2D eigenvalue weighted by molar-refractivity contribution is -0.121. The highest BCUT2D eigenvalue weighted by molar-refractivity contribution is 7.99. The molecule has 2 aromatic carbocycles. The van der Waals surface area contributed by atoms with Crippen molar-refractivity contribution in [2.75, 3.05) is 12.3 Å². The molecule has 5 nitrogen and oxygen atoms in total. The standard InChI is InChI=1S/C19H19ClN4OS/c20-16-8-6-15(7-9-16)17(14-4-2-1-3-5-14)12-18(25)21-10-11-26-19-13-22-24-23-19/h1-9,13,17H,10-12H2,(H,21,25)(H,22,23,24). The van der Waals surface area contributed by atoms with E-state index in [1.807, 2.05) is 54.6 Å². The Labute approximate surface area is 161 Å². The van der Waals surface area contributed by atoms with Crippen LogP contribution in [0.3, 0.4) is 0 Å². The fraction of sp³-hybridized carbons (Fsp3) is 0.211. The van der Waals surface area contributed by atoms with Gasteiger partial charge in [0.25, 0.3) is 0 Å². The number of rotatable bonds is 8. The Kier molecular flexibility index (Phi) is 6.68. The molecule has 0 bridgehead atoms. The van der Waals surface area contributed by atoms with Crippen molar-refractivity contribution in [2.24, 2.45) is 0 Å². The van der Waals surface area contributed by atoms with Crippen molar-refractivity contribution < 1.29 is 4.79 Å². The topological polar surface area (TPSA) is 70.7 Å². The molecule has 0 spiro atoms. The van der Waals surface area contributed by atoms with Gasteiger partial charge in [0.05, 0.1) is 6.20 Å². The lowest BCUT2D eigenvalue weighted by Gasteiger charge is -2.18. The van der Waals surface area contributed by atoms with Crippen molar-refractivity contribution in [1.82, 2.24) is 20.7 Å². The Morgan fingerprint density at radius 2 is 1.85 bits per heavy atom. The maximum absolute atomic E-state index is 12.4. The summed E-state index contributed by atoms with van der Waals surface area (Å²) >= 11 is 7.55. The van der Waals surface area contributed by atoms with Crippen molar-refractivity contribution in [3.8, 4) is 0 Å². The summed E-state index contributed by atoms with van der Waals surface area (Å²) in [6.07, 6.45) is 2.05. The fourth-order valence-electron chi connectivity index (χ4n) is 2.67. The summed E-state index contributed by atoms with van der Waals surface area (Å²) in [5.41, 5.74) is 2.19. The van der Waals surface area contributed by atoms with Gasteiger partial charge in [0.2, 0.25) is 5.91 Å². The Hall–Kier alpha value is -2.31. The number of benzene rings is 2. The number of carbonyl (C=O) groups is 1. The van der Waals surface area contributed by atoms with Crippen LogP contribution in [-0.4, -0.2) is 33.6 Å². The van der Waals surface area contributed by atoms with Gasteiger partial charge in [-0.25, -0.2) is 0 Å². The first-order chi connectivity index (χ1) is 12.7. The molecule has 134 valence electrons. The van der Waals surface area contributed by atoms with E-state index in [1.165, 1.54) is 0 Å². The van der Waals surface area contributed by atoms with Crippen LogP contribution in [0.15, 0.2) is 65.8 Å². The summed E-state index contributed by atoms with van der Waals surface area (Å²) < 4.78 is 0. The van der Waals surface area contributed by atoms with Gasteiger partial charge >= 0.3 is 0 Å². The number of nitrogens with one attached hydrogen (secondary N) is 2. The third-order valence-corrected chi connectivity index (χ3v) is 5.08. The predicted molar refractivity (Wildman–Crippen MR) is 104 cm³/mol. The van der Waals surface area contributed by atoms with Crippen molar-refractivity contribution in [3.05, 3.63) is 76.9 Å². The highest BCUT2D eigenvalue weighted by Gasteiger charge is 2.18. The van der Waals surface area contributed by atoms with E-state index in [2.05, 4.69) is 20.7 Å². The maximum Gasteiger partial charge on any atom is 0.220 e. The lowest BCUT2D eigenvalue weighted by atomic mass is 9.88. The first-order valence-electron chi connectivity index (χ1n) is 8.28. The summed E-state index contributed by atoms with van der Waals surface area (Å²) in [6, 6.07) is 17.7. The van der Waals surface area contributed by atoms with E-state index >= 15 is 0 Å². The molecule has 3 rings (SSSR count). The SMILES string of the molecule is O=C(CC(c1ccccc1)c1ccc(Cl)cc1)NCCSc1cn[nH]n1. The van der Waals surface area contributed by atoms with Gasteiger partial charge in [-0.2, -0.15) is 10.3 Å². The van der Waals surface area contributed by atoms with Crippen molar-refractivity contribution in [1.29, 1.82) is 0 Å². The molecule has 7 heteroatoms. The number of amides is 1. The monoisotopic (exact) mass is 386 g/mol. The Bertz CT molecular complexity index is 809. The number of aromatic nitrogens is 3. The number of hydrogen-bond donors (Lipinski definition) is 2. The Morgan fingerprint density at radius 3 is 2.54 bits per heavy atom. The van der Waals surface area contributed by atoms with E-state index in [9.17, 15) is 4.79 Å². The average Bonchev–Trinajstić information content (AvgIpc) is 3.18. The largest absolute Gasteiger partial charge is 0.355 e. The van der Waals surface area contributed by atoms with Crippen LogP contribution in [0.2, 0.25) is 5.02 Å². The Balaban J connectivity index is 1.60. The molecular formula is C19H19ClN4OS. The molecule has 1 heterocycles. The molecule has 1 unspecified atom stereocenters. The van der Waals surface area contributed by atoms with Crippen LogP contribution in [0.1, 0.15) is 23.5 Å². The van der Waals surface area contributed by atoms with Crippen LogP contribution in [0.5, 0.6) is 0 Å². The van der Waals surface area contributed by atoms with E-state index in [0.29, 0.717) is 18.0 Å². The molecule has 0 fully saturated rings. The quantitative estimate of drug-likeness (QED) is 0.455. The summed E-state index contributed by atoms with van der Waals surface area (Å²) in [7, 11) is 0. The third-order valence-electron chi connectivity index (χ3n) is 3.93. The van der Waals surface area contributed by atoms with E-state index in [4.69, 9.17) is 11.6 Å². The van der Waals surface area contributed by atoms with Gasteiger partial charge < -0.3 is 5.32 Å². The number of hydrogen-bond acceptors (Lipinski definition) is 4. The van der Waals surface area contributed by atoms with Crippen LogP contribution in [0.25, 0.3) is 0 Å². The van der Waals surface area contributed by atoms with Gasteiger partial charge in [0, 0.05) is 29.7 Å². The zero-order valence-electron chi connectivity index (χ0n) is 14.1. The molecular weight excluding hydrogens is 368 g/mol. The molecule has 2 N–H and O–H groups in total. The van der Waals surface area contributed by atoms with Gasteiger partial charge in [-0.15, -0.1) is 16.9 Å². The molecule has 3 aromatic rings. The molecule has 0 aliphatic rings. The van der Waals surface area contributed by atoms with Crippen LogP contribution in [-0.2, 0) is 4.79 Å². The molecule has 1 atom stereocenters. The number of carbonyl (C=O) groups excluding carboxylic acids is 1. The zero-order chi connectivity index (χ0) is 18.2. The molecule has 26 heavy (non-hydrogen) atoms. The third kappa shape index (κ3) is 5.34. The number of aromatic amines is 1. The van der Waals surface area contributed by atoms with Crippen molar-refractivity contribution in [2.45, 2.75) is 17.4 Å². The second-order valence-electron chi connectivity index (χ2n) is 5.73. The zero-order valence-corrected chi connectivity index (χ0v) is 15.6. The van der Waals surface area contributed by atoms with E-state index in [1.54, 1.807) is 18.0 Å². The predicted octanol–water partition coefficient (Wildman–Crippen LogP) is 3.89. The molecule has 0 aliphatic heterocycles. The summed E-state index contributed by atoms with van der Waals surface area (Å²) in [5.74, 6) is 0.765. The van der Waals surface area contributed by atoms with Gasteiger partial charge in [0.15, 0.2) is 0 Å². The number of nitrogens with zero attached hydrogens (tertiary/aromatic N) is 2. The average molecular weight is 387 g/mol. The van der Waals surface area contributed by atoms with Gasteiger partial charge in [-0.05, 0) is 23.3 Å². The summed E-state index contributed by atoms with van der Waals surface area (Å²) in [6.45, 7) is 0.582. The van der Waals surface area contributed by atoms with E-state index in [0.717, 1.165) is 21.9 Å². The maximum atomic E-state index is 12.4. The molecule has 0 aliphatic carbocycles. The highest BCUT2D eigenvalue weighted by Crippen LogP contribution is 2.28. The molecule has 1 aromatic heterocycles. The van der Waals surface area contributed by atoms with Gasteiger partial charge in [-0.3, -0.25) is 4.79 Å². The van der Waals surface area contributed by atoms with Crippen molar-refractivity contribution in [3.63, 3.8) is 0 Å². The lowest BCUT2D eigenvalue weighted by Crippen LogP contribution is -2.27. The van der Waals surface area contributed by atoms with Gasteiger partial charge in [-0.1, -0.05) is 54.1 Å². The minimum absolute atomic E-state index is 0.00309. The summed E-state index contributed by atoms with van der Waals surface area (Å²) in [4.78, 5) is 12.4. The second-order valence-corrected chi connectivity index (χ2v) is 7.28. The Morgan fingerprint density at radius 1 is 1.12 bits per heavy atom. The van der Waals surface area contributed by atoms with Crippen molar-refractivity contribution >= 4 is 29.3 Å². The minimum atomic E-state index is -0.00309. The smallest absolute Gasteiger partial charge is 0.220 e. The second kappa shape index (κ2) is 9.40. The molecule has 1 amide bonds. The first kappa shape index (κ1) is 18.5. The summed E-state index contributed by atoms with van der Waals surface area (Å²) in [5, 5.41) is 14.8. The fourth-order valence-corrected chi connectivity index (χ4v) is 3.44. The van der Waals surface area contributed by atoms with Crippen LogP contribution in [0.4, 0.5) is 0 Å². The van der Waals surface area contributed by atoms with Crippen LogP contribution >= 0.6 is 23.4 Å². The van der Waals surface area contributed by atoms with Gasteiger partial charge in [0.1, 0.15) is 5.03 Å². The first-order valence-corrected chi connectivity index (χ1v) is 9.64. The molecule has 0 radical (unpaired) electrons. The highest BCUT2D eigenvalue weighted by atomic mass is 35.5. The van der Waals surface area contributed by atoms with Crippen LogP contribution < -0.4 is 5.32 Å². The molecule has 0 saturated heterocycles. The number of H-pyrrole nitrogens is 1. The normalized spacial score (nSPS) is 11.9. The van der Waals surface area contributed by atoms with Crippen LogP contribution in [0, 0.1) is 0 Å². The minimum Gasteiger partial charge on any atom is -0.355 e.